The maximum absolute atomic E-state index is 13.1. The number of nitrogens with one attached hydrogen (secondary N) is 3. The van der Waals surface area contributed by atoms with Gasteiger partial charge in [-0.1, -0.05) is 32.1 Å². The fourth-order valence-corrected chi connectivity index (χ4v) is 5.17. The molecule has 4 rings (SSSR count). The summed E-state index contributed by atoms with van der Waals surface area (Å²) < 4.78 is 6.14. The lowest BCUT2D eigenvalue weighted by molar-refractivity contribution is -0.123. The fraction of sp³-hybridized carbons (Fsp3) is 0.423. The van der Waals surface area contributed by atoms with Crippen molar-refractivity contribution in [1.29, 1.82) is 0 Å². The first-order valence-electron chi connectivity index (χ1n) is 11.9. The first kappa shape index (κ1) is 24.0. The number of methoxy groups -OCH3 is 1. The normalized spacial score (nSPS) is 15.0. The van der Waals surface area contributed by atoms with Crippen LogP contribution in [0, 0.1) is 5.92 Å². The highest BCUT2D eigenvalue weighted by atomic mass is 32.1. The lowest BCUT2D eigenvalue weighted by Gasteiger charge is -2.26. The number of carbonyl (C=O) groups excluding carboxylic acids is 2. The van der Waals surface area contributed by atoms with Crippen LogP contribution in [0.5, 0.6) is 5.75 Å². The van der Waals surface area contributed by atoms with Gasteiger partial charge in [-0.2, -0.15) is 0 Å². The molecule has 1 saturated carbocycles. The molecule has 0 saturated heterocycles. The molecule has 2 amide bonds. The zero-order valence-corrected chi connectivity index (χ0v) is 20.3. The molecule has 0 spiro atoms. The van der Waals surface area contributed by atoms with Gasteiger partial charge in [0, 0.05) is 24.3 Å². The summed E-state index contributed by atoms with van der Waals surface area (Å²) in [5, 5.41) is 9.30. The predicted molar refractivity (Wildman–Crippen MR) is 137 cm³/mol. The van der Waals surface area contributed by atoms with Gasteiger partial charge in [-0.25, -0.2) is 4.98 Å². The molecule has 0 aliphatic heterocycles. The summed E-state index contributed by atoms with van der Waals surface area (Å²) in [5.74, 6) is 0.915. The molecule has 0 radical (unpaired) electrons. The smallest absolute Gasteiger partial charge is 0.251 e. The van der Waals surface area contributed by atoms with E-state index in [0.29, 0.717) is 31.0 Å². The SMILES string of the molecule is COc1ccc(NCCNC(=O)C(CC2CCCCC2)NC(=O)c2ccc3ncsc3c2)cc1. The molecule has 8 heteroatoms. The molecule has 3 N–H and O–H groups in total. The van der Waals surface area contributed by atoms with Crippen LogP contribution in [0.3, 0.4) is 0 Å². The summed E-state index contributed by atoms with van der Waals surface area (Å²) in [6.45, 7) is 1.05. The number of hydrogen-bond acceptors (Lipinski definition) is 6. The average Bonchev–Trinajstić information content (AvgIpc) is 3.35. The van der Waals surface area contributed by atoms with Crippen molar-refractivity contribution >= 4 is 39.1 Å². The number of anilines is 1. The second kappa shape index (κ2) is 11.8. The van der Waals surface area contributed by atoms with E-state index in [4.69, 9.17) is 4.74 Å². The Bertz CT molecular complexity index is 1090. The van der Waals surface area contributed by atoms with Crippen molar-refractivity contribution in [3.05, 3.63) is 53.5 Å². The second-order valence-electron chi connectivity index (χ2n) is 8.75. The molecule has 34 heavy (non-hydrogen) atoms. The number of amides is 2. The van der Waals surface area contributed by atoms with E-state index >= 15 is 0 Å². The third-order valence-electron chi connectivity index (χ3n) is 6.35. The molecule has 1 atom stereocenters. The number of ether oxygens (including phenoxy) is 1. The molecule has 180 valence electrons. The van der Waals surface area contributed by atoms with Crippen molar-refractivity contribution in [2.75, 3.05) is 25.5 Å². The van der Waals surface area contributed by atoms with E-state index in [-0.39, 0.29) is 11.8 Å². The van der Waals surface area contributed by atoms with Crippen molar-refractivity contribution in [2.45, 2.75) is 44.6 Å². The van der Waals surface area contributed by atoms with Crippen LogP contribution in [0.15, 0.2) is 48.0 Å². The number of rotatable bonds is 10. The van der Waals surface area contributed by atoms with E-state index in [1.165, 1.54) is 30.6 Å². The van der Waals surface area contributed by atoms with Gasteiger partial charge in [0.05, 0.1) is 22.8 Å². The van der Waals surface area contributed by atoms with Gasteiger partial charge in [0.1, 0.15) is 11.8 Å². The van der Waals surface area contributed by atoms with Crippen LogP contribution in [-0.2, 0) is 4.79 Å². The van der Waals surface area contributed by atoms with Crippen LogP contribution in [0.2, 0.25) is 0 Å². The lowest BCUT2D eigenvalue weighted by atomic mass is 9.84. The zero-order chi connectivity index (χ0) is 23.8. The Labute approximate surface area is 204 Å². The summed E-state index contributed by atoms with van der Waals surface area (Å²) >= 11 is 1.50. The summed E-state index contributed by atoms with van der Waals surface area (Å²) in [5.41, 5.74) is 4.16. The Hall–Kier alpha value is -3.13. The Morgan fingerprint density at radius 2 is 1.88 bits per heavy atom. The largest absolute Gasteiger partial charge is 0.497 e. The summed E-state index contributed by atoms with van der Waals surface area (Å²) in [6.07, 6.45) is 6.55. The molecular formula is C26H32N4O3S. The maximum atomic E-state index is 13.1. The first-order chi connectivity index (χ1) is 16.6. The van der Waals surface area contributed by atoms with Gasteiger partial charge in [-0.3, -0.25) is 9.59 Å². The molecule has 1 aromatic heterocycles. The van der Waals surface area contributed by atoms with Gasteiger partial charge in [0.15, 0.2) is 0 Å². The molecule has 1 aliphatic rings. The highest BCUT2D eigenvalue weighted by molar-refractivity contribution is 7.16. The number of nitrogens with zero attached hydrogens (tertiary/aromatic N) is 1. The second-order valence-corrected chi connectivity index (χ2v) is 9.63. The fourth-order valence-electron chi connectivity index (χ4n) is 4.45. The van der Waals surface area contributed by atoms with E-state index in [0.717, 1.165) is 34.5 Å². The highest BCUT2D eigenvalue weighted by Gasteiger charge is 2.26. The van der Waals surface area contributed by atoms with Gasteiger partial charge in [-0.05, 0) is 54.8 Å². The van der Waals surface area contributed by atoms with Crippen molar-refractivity contribution in [3.63, 3.8) is 0 Å². The minimum Gasteiger partial charge on any atom is -0.497 e. The minimum atomic E-state index is -0.547. The Morgan fingerprint density at radius 1 is 1.09 bits per heavy atom. The third-order valence-corrected chi connectivity index (χ3v) is 7.14. The van der Waals surface area contributed by atoms with E-state index < -0.39 is 6.04 Å². The quantitative estimate of drug-likeness (QED) is 0.369. The van der Waals surface area contributed by atoms with E-state index in [2.05, 4.69) is 20.9 Å². The van der Waals surface area contributed by atoms with Crippen molar-refractivity contribution in [3.8, 4) is 5.75 Å². The summed E-state index contributed by atoms with van der Waals surface area (Å²) in [7, 11) is 1.64. The van der Waals surface area contributed by atoms with Crippen LogP contribution in [0.1, 0.15) is 48.9 Å². The molecule has 7 nitrogen and oxygen atoms in total. The van der Waals surface area contributed by atoms with Gasteiger partial charge in [0.2, 0.25) is 5.91 Å². The molecule has 1 unspecified atom stereocenters. The summed E-state index contributed by atoms with van der Waals surface area (Å²) in [4.78, 5) is 30.3. The molecule has 1 heterocycles. The summed E-state index contributed by atoms with van der Waals surface area (Å²) in [6, 6.07) is 12.6. The molecule has 1 fully saturated rings. The average molecular weight is 481 g/mol. The number of benzene rings is 2. The Kier molecular flexibility index (Phi) is 8.36. The van der Waals surface area contributed by atoms with Gasteiger partial charge in [0.25, 0.3) is 5.91 Å². The van der Waals surface area contributed by atoms with Gasteiger partial charge in [-0.15, -0.1) is 11.3 Å². The predicted octanol–water partition coefficient (Wildman–Crippen LogP) is 4.60. The topological polar surface area (TPSA) is 92.4 Å². The number of thiazole rings is 1. The van der Waals surface area contributed by atoms with Crippen LogP contribution in [0.25, 0.3) is 10.2 Å². The highest BCUT2D eigenvalue weighted by Crippen LogP contribution is 2.27. The standard InChI is InChI=1S/C26H32N4O3S/c1-33-21-10-8-20(9-11-21)27-13-14-28-26(32)23(15-18-5-3-2-4-6-18)30-25(31)19-7-12-22-24(16-19)34-17-29-22/h7-12,16-18,23,27H,2-6,13-15H2,1H3,(H,28,32)(H,30,31). The van der Waals surface area contributed by atoms with Crippen molar-refractivity contribution in [1.82, 2.24) is 15.6 Å². The number of carbonyl (C=O) groups is 2. The number of aromatic nitrogens is 1. The Morgan fingerprint density at radius 3 is 2.65 bits per heavy atom. The van der Waals surface area contributed by atoms with Gasteiger partial charge >= 0.3 is 0 Å². The van der Waals surface area contributed by atoms with Crippen LogP contribution in [0.4, 0.5) is 5.69 Å². The third kappa shape index (κ3) is 6.47. The van der Waals surface area contributed by atoms with Gasteiger partial charge < -0.3 is 20.7 Å². The monoisotopic (exact) mass is 480 g/mol. The number of fused-ring (bicyclic) bond motifs is 1. The van der Waals surface area contributed by atoms with Crippen molar-refractivity contribution < 1.29 is 14.3 Å². The maximum Gasteiger partial charge on any atom is 0.251 e. The van der Waals surface area contributed by atoms with Crippen molar-refractivity contribution in [2.24, 2.45) is 5.92 Å². The van der Waals surface area contributed by atoms with Crippen LogP contribution >= 0.6 is 11.3 Å². The minimum absolute atomic E-state index is 0.130. The molecular weight excluding hydrogens is 448 g/mol. The zero-order valence-electron chi connectivity index (χ0n) is 19.5. The Balaban J connectivity index is 1.34. The van der Waals surface area contributed by atoms with E-state index in [1.54, 1.807) is 18.7 Å². The first-order valence-corrected chi connectivity index (χ1v) is 12.8. The molecule has 0 bridgehead atoms. The van der Waals surface area contributed by atoms with Crippen LogP contribution < -0.4 is 20.7 Å². The van der Waals surface area contributed by atoms with E-state index in [9.17, 15) is 9.59 Å². The van der Waals surface area contributed by atoms with E-state index in [1.807, 2.05) is 36.4 Å². The molecule has 2 aromatic carbocycles. The molecule has 1 aliphatic carbocycles. The molecule has 3 aromatic rings. The van der Waals surface area contributed by atoms with Crippen LogP contribution in [-0.4, -0.2) is 43.0 Å². The number of hydrogen-bond donors (Lipinski definition) is 3. The lowest BCUT2D eigenvalue weighted by Crippen LogP contribution is -2.48.